The van der Waals surface area contributed by atoms with Crippen LogP contribution in [0.4, 0.5) is 5.69 Å². The lowest BCUT2D eigenvalue weighted by Gasteiger charge is -2.14. The van der Waals surface area contributed by atoms with Gasteiger partial charge in [-0.1, -0.05) is 50.1 Å². The number of benzene rings is 2. The molecule has 0 radical (unpaired) electrons. The number of aromatic nitrogens is 1. The maximum absolute atomic E-state index is 13.0. The smallest absolute Gasteiger partial charge is 0.252 e. The van der Waals surface area contributed by atoms with E-state index in [4.69, 9.17) is 4.98 Å². The lowest BCUT2D eigenvalue weighted by Crippen LogP contribution is -2.32. The third-order valence-electron chi connectivity index (χ3n) is 5.44. The van der Waals surface area contributed by atoms with E-state index in [0.29, 0.717) is 12.0 Å². The van der Waals surface area contributed by atoms with Gasteiger partial charge in [0.2, 0.25) is 5.91 Å². The molecule has 0 saturated heterocycles. The molecular weight excluding hydrogens is 362 g/mol. The van der Waals surface area contributed by atoms with Gasteiger partial charge in [0.25, 0.3) is 5.91 Å². The Labute approximate surface area is 170 Å². The van der Waals surface area contributed by atoms with Crippen molar-refractivity contribution in [3.05, 3.63) is 60.2 Å². The summed E-state index contributed by atoms with van der Waals surface area (Å²) < 4.78 is 0. The Morgan fingerprint density at radius 1 is 1.03 bits per heavy atom. The fourth-order valence-electron chi connectivity index (χ4n) is 3.82. The van der Waals surface area contributed by atoms with Crippen LogP contribution < -0.4 is 10.6 Å². The van der Waals surface area contributed by atoms with Crippen LogP contribution >= 0.6 is 0 Å². The molecule has 29 heavy (non-hydrogen) atoms. The van der Waals surface area contributed by atoms with E-state index in [9.17, 15) is 9.59 Å². The fraction of sp³-hybridized carbons (Fsp3) is 0.292. The SMILES string of the molecule is CCC(=O)Nc1ccc(-c2cc(C(=O)NC3CCCC3)c3ccccc3n2)cc1. The minimum absolute atomic E-state index is 0.0209. The number of hydrogen-bond acceptors (Lipinski definition) is 3. The third kappa shape index (κ3) is 4.29. The molecule has 1 saturated carbocycles. The first-order valence-corrected chi connectivity index (χ1v) is 10.2. The molecule has 148 valence electrons. The van der Waals surface area contributed by atoms with E-state index in [2.05, 4.69) is 10.6 Å². The molecule has 2 N–H and O–H groups in total. The van der Waals surface area contributed by atoms with Crippen molar-refractivity contribution >= 4 is 28.4 Å². The molecule has 0 aliphatic heterocycles. The summed E-state index contributed by atoms with van der Waals surface area (Å²) in [7, 11) is 0. The van der Waals surface area contributed by atoms with Crippen LogP contribution in [-0.2, 0) is 4.79 Å². The van der Waals surface area contributed by atoms with Crippen molar-refractivity contribution in [3.63, 3.8) is 0 Å². The summed E-state index contributed by atoms with van der Waals surface area (Å²) in [5.74, 6) is -0.0592. The van der Waals surface area contributed by atoms with E-state index in [1.165, 1.54) is 12.8 Å². The average molecular weight is 387 g/mol. The van der Waals surface area contributed by atoms with Crippen LogP contribution in [0.5, 0.6) is 0 Å². The molecule has 5 nitrogen and oxygen atoms in total. The minimum atomic E-state index is -0.0384. The molecule has 4 rings (SSSR count). The molecule has 0 spiro atoms. The number of hydrogen-bond donors (Lipinski definition) is 2. The summed E-state index contributed by atoms with van der Waals surface area (Å²) in [6.07, 6.45) is 4.88. The van der Waals surface area contributed by atoms with Gasteiger partial charge in [0.1, 0.15) is 0 Å². The number of amides is 2. The van der Waals surface area contributed by atoms with E-state index in [1.807, 2.05) is 61.5 Å². The van der Waals surface area contributed by atoms with Crippen molar-refractivity contribution in [2.75, 3.05) is 5.32 Å². The normalized spacial score (nSPS) is 14.1. The van der Waals surface area contributed by atoms with Gasteiger partial charge in [0.15, 0.2) is 0 Å². The number of para-hydroxylation sites is 1. The second-order valence-corrected chi connectivity index (χ2v) is 7.51. The summed E-state index contributed by atoms with van der Waals surface area (Å²) in [6.45, 7) is 1.82. The van der Waals surface area contributed by atoms with Crippen molar-refractivity contribution in [3.8, 4) is 11.3 Å². The first-order chi connectivity index (χ1) is 14.1. The Morgan fingerprint density at radius 2 is 1.76 bits per heavy atom. The zero-order chi connectivity index (χ0) is 20.2. The second kappa shape index (κ2) is 8.43. The van der Waals surface area contributed by atoms with E-state index in [1.54, 1.807) is 0 Å². The predicted molar refractivity (Wildman–Crippen MR) is 116 cm³/mol. The molecule has 1 aromatic heterocycles. The topological polar surface area (TPSA) is 71.1 Å². The first-order valence-electron chi connectivity index (χ1n) is 10.2. The van der Waals surface area contributed by atoms with Crippen LogP contribution in [0.15, 0.2) is 54.6 Å². The number of nitrogens with zero attached hydrogens (tertiary/aromatic N) is 1. The molecule has 0 atom stereocenters. The maximum atomic E-state index is 13.0. The molecule has 1 heterocycles. The van der Waals surface area contributed by atoms with Gasteiger partial charge in [-0.3, -0.25) is 9.59 Å². The highest BCUT2D eigenvalue weighted by Crippen LogP contribution is 2.27. The predicted octanol–water partition coefficient (Wildman–Crippen LogP) is 4.92. The van der Waals surface area contributed by atoms with Crippen LogP contribution in [0.3, 0.4) is 0 Å². The second-order valence-electron chi connectivity index (χ2n) is 7.51. The Balaban J connectivity index is 1.68. The zero-order valence-corrected chi connectivity index (χ0v) is 16.6. The van der Waals surface area contributed by atoms with Gasteiger partial charge in [0, 0.05) is 29.1 Å². The van der Waals surface area contributed by atoms with E-state index in [0.717, 1.165) is 40.7 Å². The lowest BCUT2D eigenvalue weighted by molar-refractivity contribution is -0.115. The summed E-state index contributed by atoms with van der Waals surface area (Å²) >= 11 is 0. The average Bonchev–Trinajstić information content (AvgIpc) is 3.26. The first kappa shape index (κ1) is 19.1. The number of fused-ring (bicyclic) bond motifs is 1. The van der Waals surface area contributed by atoms with Gasteiger partial charge in [-0.15, -0.1) is 0 Å². The third-order valence-corrected chi connectivity index (χ3v) is 5.44. The van der Waals surface area contributed by atoms with Crippen LogP contribution in [0.25, 0.3) is 22.2 Å². The quantitative estimate of drug-likeness (QED) is 0.652. The maximum Gasteiger partial charge on any atom is 0.252 e. The number of pyridine rings is 1. The number of rotatable bonds is 5. The van der Waals surface area contributed by atoms with Crippen molar-refractivity contribution in [1.29, 1.82) is 0 Å². The molecule has 0 unspecified atom stereocenters. The van der Waals surface area contributed by atoms with Gasteiger partial charge < -0.3 is 10.6 Å². The van der Waals surface area contributed by atoms with Crippen molar-refractivity contribution in [2.24, 2.45) is 0 Å². The van der Waals surface area contributed by atoms with Gasteiger partial charge >= 0.3 is 0 Å². The Bertz CT molecular complexity index is 1040. The summed E-state index contributed by atoms with van der Waals surface area (Å²) in [4.78, 5) is 29.4. The Hall–Kier alpha value is -3.21. The standard InChI is InChI=1S/C24H25N3O2/c1-2-23(28)25-18-13-11-16(12-14-18)22-15-20(19-9-5-6-10-21(19)27-22)24(29)26-17-7-3-4-8-17/h5-6,9-15,17H,2-4,7-8H2,1H3,(H,25,28)(H,26,29). The largest absolute Gasteiger partial charge is 0.349 e. The number of carbonyl (C=O) groups excluding carboxylic acids is 2. The van der Waals surface area contributed by atoms with Crippen LogP contribution in [0.2, 0.25) is 0 Å². The van der Waals surface area contributed by atoms with Crippen LogP contribution in [0.1, 0.15) is 49.4 Å². The molecule has 2 amide bonds. The highest BCUT2D eigenvalue weighted by atomic mass is 16.2. The summed E-state index contributed by atoms with van der Waals surface area (Å²) in [5, 5.41) is 6.90. The minimum Gasteiger partial charge on any atom is -0.349 e. The van der Waals surface area contributed by atoms with Crippen LogP contribution in [0, 0.1) is 0 Å². The molecular formula is C24H25N3O2. The Kier molecular flexibility index (Phi) is 5.56. The molecule has 1 aliphatic rings. The molecule has 3 aromatic rings. The lowest BCUT2D eigenvalue weighted by atomic mass is 10.0. The van der Waals surface area contributed by atoms with Crippen molar-refractivity contribution < 1.29 is 9.59 Å². The van der Waals surface area contributed by atoms with Gasteiger partial charge in [0.05, 0.1) is 16.8 Å². The van der Waals surface area contributed by atoms with Gasteiger partial charge in [-0.2, -0.15) is 0 Å². The zero-order valence-electron chi connectivity index (χ0n) is 16.6. The number of carbonyl (C=O) groups is 2. The molecule has 5 heteroatoms. The molecule has 1 aliphatic carbocycles. The van der Waals surface area contributed by atoms with Gasteiger partial charge in [-0.05, 0) is 37.1 Å². The summed E-state index contributed by atoms with van der Waals surface area (Å²) in [5.41, 5.74) is 3.85. The monoisotopic (exact) mass is 387 g/mol. The fourth-order valence-corrected chi connectivity index (χ4v) is 3.82. The van der Waals surface area contributed by atoms with E-state index >= 15 is 0 Å². The summed E-state index contributed by atoms with van der Waals surface area (Å²) in [6, 6.07) is 17.4. The Morgan fingerprint density at radius 3 is 2.48 bits per heavy atom. The van der Waals surface area contributed by atoms with Crippen molar-refractivity contribution in [1.82, 2.24) is 10.3 Å². The van der Waals surface area contributed by atoms with E-state index in [-0.39, 0.29) is 17.9 Å². The molecule has 0 bridgehead atoms. The van der Waals surface area contributed by atoms with Crippen LogP contribution in [-0.4, -0.2) is 22.8 Å². The molecule has 2 aromatic carbocycles. The number of anilines is 1. The van der Waals surface area contributed by atoms with Crippen molar-refractivity contribution in [2.45, 2.75) is 45.1 Å². The molecule has 1 fully saturated rings. The number of nitrogens with one attached hydrogen (secondary N) is 2. The van der Waals surface area contributed by atoms with E-state index < -0.39 is 0 Å². The van der Waals surface area contributed by atoms with Gasteiger partial charge in [-0.25, -0.2) is 4.98 Å². The highest BCUT2D eigenvalue weighted by Gasteiger charge is 2.20. The highest BCUT2D eigenvalue weighted by molar-refractivity contribution is 6.07.